The van der Waals surface area contributed by atoms with Crippen LogP contribution >= 0.6 is 0 Å². The molecular weight excluding hydrogens is 268 g/mol. The summed E-state index contributed by atoms with van der Waals surface area (Å²) in [7, 11) is -3.55. The summed E-state index contributed by atoms with van der Waals surface area (Å²) in [5, 5.41) is 0. The number of hydrazine groups is 1. The fourth-order valence-electron chi connectivity index (χ4n) is 1.96. The van der Waals surface area contributed by atoms with Crippen molar-refractivity contribution < 1.29 is 8.42 Å². The molecule has 1 fully saturated rings. The predicted molar refractivity (Wildman–Crippen MR) is 70.7 cm³/mol. The van der Waals surface area contributed by atoms with Crippen LogP contribution in [0.3, 0.4) is 0 Å². The third-order valence-electron chi connectivity index (χ3n) is 2.99. The van der Waals surface area contributed by atoms with Gasteiger partial charge in [0.2, 0.25) is 16.0 Å². The Labute approximate surface area is 112 Å². The number of likely N-dealkylation sites (tertiary alicyclic amines) is 1. The summed E-state index contributed by atoms with van der Waals surface area (Å²) in [5.41, 5.74) is 2.24. The second-order valence-electron chi connectivity index (χ2n) is 4.33. The number of nitrogen functional groups attached to an aromatic ring is 1. The first-order valence-electron chi connectivity index (χ1n) is 6.12. The van der Waals surface area contributed by atoms with E-state index in [9.17, 15) is 8.42 Å². The van der Waals surface area contributed by atoms with Crippen LogP contribution in [0.5, 0.6) is 0 Å². The molecule has 4 N–H and O–H groups in total. The summed E-state index contributed by atoms with van der Waals surface area (Å²) in [5.74, 6) is 5.29. The van der Waals surface area contributed by atoms with Gasteiger partial charge in [-0.2, -0.15) is 0 Å². The number of sulfonamides is 1. The van der Waals surface area contributed by atoms with E-state index in [2.05, 4.69) is 25.0 Å². The van der Waals surface area contributed by atoms with Gasteiger partial charge in [0, 0.05) is 13.1 Å². The number of hydrogen-bond donors (Lipinski definition) is 3. The highest BCUT2D eigenvalue weighted by Crippen LogP contribution is 2.08. The van der Waals surface area contributed by atoms with E-state index < -0.39 is 10.0 Å². The molecule has 1 saturated heterocycles. The zero-order chi connectivity index (χ0) is 13.7. The quantitative estimate of drug-likeness (QED) is 0.460. The lowest BCUT2D eigenvalue weighted by atomic mass is 10.4. The van der Waals surface area contributed by atoms with Gasteiger partial charge >= 0.3 is 0 Å². The smallest absolute Gasteiger partial charge is 0.243 e. The molecule has 106 valence electrons. The van der Waals surface area contributed by atoms with Crippen LogP contribution in [-0.2, 0) is 10.0 Å². The maximum absolute atomic E-state index is 11.9. The highest BCUT2D eigenvalue weighted by atomic mass is 32.2. The van der Waals surface area contributed by atoms with Gasteiger partial charge in [0.15, 0.2) is 0 Å². The van der Waals surface area contributed by atoms with Gasteiger partial charge in [0.25, 0.3) is 0 Å². The van der Waals surface area contributed by atoms with E-state index in [1.54, 1.807) is 0 Å². The van der Waals surface area contributed by atoms with Crippen molar-refractivity contribution >= 4 is 16.0 Å². The van der Waals surface area contributed by atoms with Crippen molar-refractivity contribution in [2.75, 3.05) is 31.6 Å². The molecule has 1 aromatic rings. The monoisotopic (exact) mass is 286 g/mol. The summed E-state index contributed by atoms with van der Waals surface area (Å²) >= 11 is 0. The van der Waals surface area contributed by atoms with Crippen LogP contribution < -0.4 is 16.0 Å². The second-order valence-corrected chi connectivity index (χ2v) is 6.10. The zero-order valence-electron chi connectivity index (χ0n) is 10.5. The molecule has 8 nitrogen and oxygen atoms in total. The molecule has 2 rings (SSSR count). The summed E-state index contributed by atoms with van der Waals surface area (Å²) in [6.45, 7) is 3.20. The average Bonchev–Trinajstić information content (AvgIpc) is 2.92. The molecule has 0 atom stereocenters. The molecule has 0 saturated carbocycles. The van der Waals surface area contributed by atoms with Crippen molar-refractivity contribution in [3.05, 3.63) is 12.4 Å². The van der Waals surface area contributed by atoms with Gasteiger partial charge in [-0.1, -0.05) is 0 Å². The normalized spacial score (nSPS) is 16.7. The highest BCUT2D eigenvalue weighted by molar-refractivity contribution is 7.89. The second kappa shape index (κ2) is 6.24. The third-order valence-corrected chi connectivity index (χ3v) is 4.40. The highest BCUT2D eigenvalue weighted by Gasteiger charge is 2.16. The van der Waals surface area contributed by atoms with Crippen LogP contribution in [-0.4, -0.2) is 49.5 Å². The number of nitrogens with one attached hydrogen (secondary N) is 2. The van der Waals surface area contributed by atoms with E-state index in [1.807, 2.05) is 0 Å². The molecule has 0 aromatic carbocycles. The van der Waals surface area contributed by atoms with E-state index in [0.717, 1.165) is 19.6 Å². The Morgan fingerprint density at radius 3 is 2.47 bits per heavy atom. The summed E-state index contributed by atoms with van der Waals surface area (Å²) < 4.78 is 26.4. The van der Waals surface area contributed by atoms with Crippen molar-refractivity contribution in [2.45, 2.75) is 17.7 Å². The molecule has 0 spiro atoms. The number of rotatable bonds is 6. The van der Waals surface area contributed by atoms with Crippen LogP contribution in [0.25, 0.3) is 0 Å². The lowest BCUT2D eigenvalue weighted by Gasteiger charge is -2.14. The number of aromatic nitrogens is 2. The molecule has 0 amide bonds. The minimum absolute atomic E-state index is 0.0351. The molecule has 0 bridgehead atoms. The topological polar surface area (TPSA) is 113 Å². The fourth-order valence-corrected chi connectivity index (χ4v) is 2.87. The minimum atomic E-state index is -3.55. The Balaban J connectivity index is 1.89. The SMILES string of the molecule is NNc1ncc(S(=O)(=O)NCCN2CCCC2)cn1. The van der Waals surface area contributed by atoms with E-state index in [-0.39, 0.29) is 10.8 Å². The van der Waals surface area contributed by atoms with Gasteiger partial charge < -0.3 is 4.90 Å². The maximum Gasteiger partial charge on any atom is 0.243 e. The van der Waals surface area contributed by atoms with Crippen LogP contribution in [0.15, 0.2) is 17.3 Å². The molecule has 0 aliphatic carbocycles. The van der Waals surface area contributed by atoms with E-state index in [1.165, 1.54) is 25.2 Å². The first-order valence-corrected chi connectivity index (χ1v) is 7.61. The maximum atomic E-state index is 11.9. The summed E-state index contributed by atoms with van der Waals surface area (Å²) in [6.07, 6.45) is 4.82. The lowest BCUT2D eigenvalue weighted by molar-refractivity contribution is 0.344. The molecule has 2 heterocycles. The molecule has 1 aromatic heterocycles. The zero-order valence-corrected chi connectivity index (χ0v) is 11.4. The fraction of sp³-hybridized carbons (Fsp3) is 0.600. The molecule has 9 heteroatoms. The Kier molecular flexibility index (Phi) is 4.64. The van der Waals surface area contributed by atoms with Crippen molar-refractivity contribution in [1.82, 2.24) is 19.6 Å². The van der Waals surface area contributed by atoms with Gasteiger partial charge in [-0.05, 0) is 25.9 Å². The average molecular weight is 286 g/mol. The molecule has 1 aliphatic rings. The van der Waals surface area contributed by atoms with Crippen molar-refractivity contribution in [3.8, 4) is 0 Å². The van der Waals surface area contributed by atoms with Gasteiger partial charge in [-0.3, -0.25) is 5.43 Å². The number of nitrogens with zero attached hydrogens (tertiary/aromatic N) is 3. The first-order chi connectivity index (χ1) is 9.12. The van der Waals surface area contributed by atoms with Gasteiger partial charge in [-0.15, -0.1) is 0 Å². The first kappa shape index (κ1) is 14.1. The molecule has 1 aliphatic heterocycles. The van der Waals surface area contributed by atoms with Crippen molar-refractivity contribution in [1.29, 1.82) is 0 Å². The summed E-state index contributed by atoms with van der Waals surface area (Å²) in [6, 6.07) is 0. The number of anilines is 1. The third kappa shape index (κ3) is 3.83. The number of nitrogens with two attached hydrogens (primary N) is 1. The molecular formula is C10H18N6O2S. The van der Waals surface area contributed by atoms with Gasteiger partial charge in [0.05, 0.1) is 12.4 Å². The van der Waals surface area contributed by atoms with Gasteiger partial charge in [0.1, 0.15) is 4.90 Å². The molecule has 19 heavy (non-hydrogen) atoms. The lowest BCUT2D eigenvalue weighted by Crippen LogP contribution is -2.33. The van der Waals surface area contributed by atoms with Gasteiger partial charge in [-0.25, -0.2) is 29.0 Å². The largest absolute Gasteiger partial charge is 0.302 e. The van der Waals surface area contributed by atoms with E-state index in [0.29, 0.717) is 6.54 Å². The summed E-state index contributed by atoms with van der Waals surface area (Å²) in [4.78, 5) is 9.82. The van der Waals surface area contributed by atoms with Crippen LogP contribution in [0.2, 0.25) is 0 Å². The standard InChI is InChI=1S/C10H18N6O2S/c11-15-10-12-7-9(8-13-10)19(17,18)14-3-6-16-4-1-2-5-16/h7-8,14H,1-6,11H2,(H,12,13,15). The minimum Gasteiger partial charge on any atom is -0.302 e. The van der Waals surface area contributed by atoms with Crippen LogP contribution in [0, 0.1) is 0 Å². The molecule has 0 radical (unpaired) electrons. The van der Waals surface area contributed by atoms with Crippen LogP contribution in [0.4, 0.5) is 5.95 Å². The predicted octanol–water partition coefficient (Wildman–Crippen LogP) is -0.864. The van der Waals surface area contributed by atoms with Crippen molar-refractivity contribution in [2.24, 2.45) is 5.84 Å². The number of hydrogen-bond acceptors (Lipinski definition) is 7. The van der Waals surface area contributed by atoms with Crippen LogP contribution in [0.1, 0.15) is 12.8 Å². The Morgan fingerprint density at radius 1 is 1.26 bits per heavy atom. The van der Waals surface area contributed by atoms with E-state index >= 15 is 0 Å². The Hall–Kier alpha value is -1.29. The molecule has 0 unspecified atom stereocenters. The Bertz CT molecular complexity index is 497. The Morgan fingerprint density at radius 2 is 1.89 bits per heavy atom. The van der Waals surface area contributed by atoms with E-state index in [4.69, 9.17) is 5.84 Å². The van der Waals surface area contributed by atoms with Crippen molar-refractivity contribution in [3.63, 3.8) is 0 Å².